The van der Waals surface area contributed by atoms with Crippen LogP contribution in [-0.4, -0.2) is 47.4 Å². The number of carbonyl (C=O) groups excluding carboxylic acids is 2. The molecule has 1 saturated heterocycles. The Morgan fingerprint density at radius 1 is 1.00 bits per heavy atom. The molecule has 0 spiro atoms. The van der Waals surface area contributed by atoms with E-state index in [1.165, 1.54) is 4.90 Å². The number of aromatic nitrogens is 1. The number of nitrogens with zero attached hydrogens (tertiary/aromatic N) is 2. The first-order valence-electron chi connectivity index (χ1n) is 12.2. The van der Waals surface area contributed by atoms with Gasteiger partial charge < -0.3 is 24.6 Å². The summed E-state index contributed by atoms with van der Waals surface area (Å²) >= 11 is 0. The largest absolute Gasteiger partial charge is 0.507 e. The number of ketones is 1. The van der Waals surface area contributed by atoms with E-state index in [9.17, 15) is 14.7 Å². The number of aromatic amines is 1. The normalized spacial score (nSPS) is 16.9. The molecule has 1 aromatic heterocycles. The van der Waals surface area contributed by atoms with Gasteiger partial charge in [-0.25, -0.2) is 0 Å². The fraction of sp³-hybridized carbons (Fsp3) is 0.200. The van der Waals surface area contributed by atoms with Gasteiger partial charge >= 0.3 is 0 Å². The number of aliphatic hydroxyl groups is 1. The van der Waals surface area contributed by atoms with Crippen LogP contribution < -0.4 is 9.64 Å². The maximum atomic E-state index is 13.4. The fourth-order valence-electron chi connectivity index (χ4n) is 4.81. The van der Waals surface area contributed by atoms with Gasteiger partial charge in [-0.3, -0.25) is 9.59 Å². The van der Waals surface area contributed by atoms with E-state index in [2.05, 4.69) is 4.98 Å². The molecule has 7 nitrogen and oxygen atoms in total. The molecule has 1 aliphatic rings. The average Bonchev–Trinajstić information content (AvgIpc) is 3.44. The molecule has 0 bridgehead atoms. The van der Waals surface area contributed by atoms with Crippen LogP contribution in [0.4, 0.5) is 5.69 Å². The van der Waals surface area contributed by atoms with Gasteiger partial charge in [-0.1, -0.05) is 42.5 Å². The van der Waals surface area contributed by atoms with E-state index in [0.717, 1.165) is 33.5 Å². The summed E-state index contributed by atoms with van der Waals surface area (Å²) in [6, 6.07) is 22.0. The van der Waals surface area contributed by atoms with Crippen LogP contribution in [0.1, 0.15) is 29.7 Å². The number of carbonyl (C=O) groups is 2. The number of fused-ring (bicyclic) bond motifs is 1. The highest BCUT2D eigenvalue weighted by atomic mass is 16.5. The average molecular weight is 496 g/mol. The van der Waals surface area contributed by atoms with Gasteiger partial charge in [0.05, 0.1) is 18.2 Å². The maximum absolute atomic E-state index is 13.4. The van der Waals surface area contributed by atoms with Gasteiger partial charge in [0.25, 0.3) is 11.7 Å². The van der Waals surface area contributed by atoms with E-state index in [0.29, 0.717) is 12.2 Å². The summed E-state index contributed by atoms with van der Waals surface area (Å²) in [4.78, 5) is 33.5. The number of Topliss-reactive ketones (excluding diaryl/α,β-unsaturated/α-hetero) is 1. The predicted molar refractivity (Wildman–Crippen MR) is 145 cm³/mol. The van der Waals surface area contributed by atoms with E-state index in [1.807, 2.05) is 98.7 Å². The molecular formula is C30H29N3O4. The number of anilines is 1. The Hall–Kier alpha value is -4.52. The number of para-hydroxylation sites is 1. The Balaban J connectivity index is 1.62. The van der Waals surface area contributed by atoms with Crippen LogP contribution >= 0.6 is 0 Å². The monoisotopic (exact) mass is 495 g/mol. The van der Waals surface area contributed by atoms with Crippen molar-refractivity contribution in [2.75, 3.05) is 25.6 Å². The third kappa shape index (κ3) is 4.44. The molecule has 0 radical (unpaired) electrons. The first-order chi connectivity index (χ1) is 17.9. The minimum absolute atomic E-state index is 0.0818. The number of hydrogen-bond acceptors (Lipinski definition) is 5. The molecular weight excluding hydrogens is 466 g/mol. The molecule has 1 amide bonds. The molecule has 2 N–H and O–H groups in total. The zero-order valence-electron chi connectivity index (χ0n) is 21.1. The number of ether oxygens (including phenoxy) is 1. The van der Waals surface area contributed by atoms with Gasteiger partial charge in [0.2, 0.25) is 0 Å². The van der Waals surface area contributed by atoms with Crippen molar-refractivity contribution in [3.8, 4) is 5.75 Å². The number of rotatable bonds is 7. The standard InChI is InChI=1S/C30H29N3O4/c1-4-37-22-15-9-19(10-16-22)18-33-27(20-11-13-21(14-12-20)32(2)3)26(29(35)30(33)36)28(34)24-17-31-25-8-6-5-7-23(24)25/h5-17,27,31,34H,4,18H2,1-3H3/b28-26-. The van der Waals surface area contributed by atoms with Crippen molar-refractivity contribution in [3.63, 3.8) is 0 Å². The van der Waals surface area contributed by atoms with Crippen molar-refractivity contribution >= 4 is 34.0 Å². The molecule has 37 heavy (non-hydrogen) atoms. The van der Waals surface area contributed by atoms with Crippen molar-refractivity contribution in [1.82, 2.24) is 9.88 Å². The van der Waals surface area contributed by atoms with E-state index >= 15 is 0 Å². The zero-order chi connectivity index (χ0) is 26.1. The number of nitrogens with one attached hydrogen (secondary N) is 1. The highest BCUT2D eigenvalue weighted by Crippen LogP contribution is 2.41. The second-order valence-electron chi connectivity index (χ2n) is 9.24. The summed E-state index contributed by atoms with van der Waals surface area (Å²) in [5.41, 5.74) is 4.00. The highest BCUT2D eigenvalue weighted by Gasteiger charge is 2.46. The van der Waals surface area contributed by atoms with Crippen LogP contribution in [0.3, 0.4) is 0 Å². The van der Waals surface area contributed by atoms with Crippen molar-refractivity contribution in [3.05, 3.63) is 101 Å². The summed E-state index contributed by atoms with van der Waals surface area (Å²) in [6.07, 6.45) is 1.67. The molecule has 2 heterocycles. The van der Waals surface area contributed by atoms with Crippen LogP contribution in [0.15, 0.2) is 84.6 Å². The Labute approximate surface area is 215 Å². The zero-order valence-corrected chi connectivity index (χ0v) is 21.1. The van der Waals surface area contributed by atoms with E-state index in [-0.39, 0.29) is 17.9 Å². The number of benzene rings is 3. The molecule has 0 aliphatic carbocycles. The van der Waals surface area contributed by atoms with Crippen LogP contribution in [0, 0.1) is 0 Å². The van der Waals surface area contributed by atoms with Crippen molar-refractivity contribution in [2.45, 2.75) is 19.5 Å². The number of amides is 1. The summed E-state index contributed by atoms with van der Waals surface area (Å²) in [7, 11) is 3.90. The quantitative estimate of drug-likeness (QED) is 0.208. The molecule has 4 aromatic rings. The SMILES string of the molecule is CCOc1ccc(CN2C(=O)C(=O)/C(=C(\O)c3c[nH]c4ccccc34)C2c2ccc(N(C)C)cc2)cc1. The van der Waals surface area contributed by atoms with Gasteiger partial charge in [0.15, 0.2) is 0 Å². The maximum Gasteiger partial charge on any atom is 0.295 e. The lowest BCUT2D eigenvalue weighted by Gasteiger charge is -2.26. The minimum Gasteiger partial charge on any atom is -0.507 e. The Bertz CT molecular complexity index is 1480. The lowest BCUT2D eigenvalue weighted by Crippen LogP contribution is -2.29. The first-order valence-corrected chi connectivity index (χ1v) is 12.2. The molecule has 7 heteroatoms. The van der Waals surface area contributed by atoms with Crippen LogP contribution in [0.2, 0.25) is 0 Å². The summed E-state index contributed by atoms with van der Waals surface area (Å²) in [5.74, 6) is -0.789. The van der Waals surface area contributed by atoms with E-state index < -0.39 is 17.7 Å². The lowest BCUT2D eigenvalue weighted by molar-refractivity contribution is -0.140. The molecule has 188 valence electrons. The van der Waals surface area contributed by atoms with Crippen molar-refractivity contribution < 1.29 is 19.4 Å². The third-order valence-electron chi connectivity index (χ3n) is 6.70. The van der Waals surface area contributed by atoms with Crippen molar-refractivity contribution in [1.29, 1.82) is 0 Å². The number of hydrogen-bond donors (Lipinski definition) is 2. The molecule has 0 saturated carbocycles. The van der Waals surface area contributed by atoms with Gasteiger partial charge in [-0.2, -0.15) is 0 Å². The predicted octanol–water partition coefficient (Wildman–Crippen LogP) is 5.25. The lowest BCUT2D eigenvalue weighted by atomic mass is 9.94. The highest BCUT2D eigenvalue weighted by molar-refractivity contribution is 6.46. The molecule has 5 rings (SSSR count). The van der Waals surface area contributed by atoms with Gasteiger partial charge in [0, 0.05) is 49.0 Å². The van der Waals surface area contributed by atoms with Gasteiger partial charge in [-0.05, 0) is 48.4 Å². The van der Waals surface area contributed by atoms with Gasteiger partial charge in [0.1, 0.15) is 11.5 Å². The molecule has 1 aliphatic heterocycles. The van der Waals surface area contributed by atoms with Gasteiger partial charge in [-0.15, -0.1) is 0 Å². The first kappa shape index (κ1) is 24.2. The fourth-order valence-corrected chi connectivity index (χ4v) is 4.81. The smallest absolute Gasteiger partial charge is 0.295 e. The summed E-state index contributed by atoms with van der Waals surface area (Å²) in [5, 5.41) is 12.3. The molecule has 1 unspecified atom stereocenters. The van der Waals surface area contributed by atoms with E-state index in [4.69, 9.17) is 4.74 Å². The summed E-state index contributed by atoms with van der Waals surface area (Å²) < 4.78 is 5.53. The second kappa shape index (κ2) is 9.85. The summed E-state index contributed by atoms with van der Waals surface area (Å²) in [6.45, 7) is 2.69. The minimum atomic E-state index is -0.739. The number of H-pyrrole nitrogens is 1. The second-order valence-corrected chi connectivity index (χ2v) is 9.24. The van der Waals surface area contributed by atoms with Crippen LogP contribution in [0.5, 0.6) is 5.75 Å². The van der Waals surface area contributed by atoms with Crippen molar-refractivity contribution in [2.24, 2.45) is 0 Å². The number of aliphatic hydroxyl groups excluding tert-OH is 1. The van der Waals surface area contributed by atoms with E-state index in [1.54, 1.807) is 6.20 Å². The Morgan fingerprint density at radius 2 is 1.70 bits per heavy atom. The number of likely N-dealkylation sites (tertiary alicyclic amines) is 1. The van der Waals surface area contributed by atoms with Crippen LogP contribution in [0.25, 0.3) is 16.7 Å². The molecule has 1 atom stereocenters. The Kier molecular flexibility index (Phi) is 6.44. The Morgan fingerprint density at radius 3 is 2.38 bits per heavy atom. The third-order valence-corrected chi connectivity index (χ3v) is 6.70. The molecule has 1 fully saturated rings. The van der Waals surface area contributed by atoms with Crippen LogP contribution in [-0.2, 0) is 16.1 Å². The topological polar surface area (TPSA) is 85.9 Å². The molecule has 3 aromatic carbocycles.